The van der Waals surface area contributed by atoms with Gasteiger partial charge in [0, 0.05) is 22.9 Å². The number of aliphatic hydroxyl groups excluding tert-OH is 1. The Balaban J connectivity index is 1.85. The maximum absolute atomic E-state index is 9.26. The number of ether oxygens (including phenoxy) is 2. The Kier molecular flexibility index (Phi) is 2.05. The van der Waals surface area contributed by atoms with E-state index in [0.717, 1.165) is 24.9 Å². The van der Waals surface area contributed by atoms with E-state index in [2.05, 4.69) is 24.1 Å². The molecule has 0 amide bonds. The topological polar surface area (TPSA) is 41.9 Å². The third-order valence-corrected chi connectivity index (χ3v) is 6.11. The van der Waals surface area contributed by atoms with Crippen molar-refractivity contribution in [3.63, 3.8) is 0 Å². The molecule has 5 rings (SSSR count). The highest BCUT2D eigenvalue weighted by atomic mass is 16.5. The molecule has 1 aromatic carbocycles. The lowest BCUT2D eigenvalue weighted by atomic mass is 9.53. The molecule has 4 nitrogen and oxygen atoms in total. The quantitative estimate of drug-likeness (QED) is 0.841. The summed E-state index contributed by atoms with van der Waals surface area (Å²) in [4.78, 5) is 2.40. The lowest BCUT2D eigenvalue weighted by Crippen LogP contribution is -2.64. The van der Waals surface area contributed by atoms with Crippen molar-refractivity contribution in [1.29, 1.82) is 1.43 Å². The van der Waals surface area contributed by atoms with Gasteiger partial charge in [-0.05, 0) is 38.1 Å². The Morgan fingerprint density at radius 1 is 1.50 bits per heavy atom. The zero-order valence-corrected chi connectivity index (χ0v) is 12.8. The predicted octanol–water partition coefficient (Wildman–Crippen LogP) is 1.50. The van der Waals surface area contributed by atoms with E-state index in [1.165, 1.54) is 5.56 Å². The van der Waals surface area contributed by atoms with Gasteiger partial charge >= 0.3 is 0 Å². The van der Waals surface area contributed by atoms with Crippen molar-refractivity contribution < 1.29 is 16.0 Å². The average Bonchev–Trinajstić information content (AvgIpc) is 2.86. The summed E-state index contributed by atoms with van der Waals surface area (Å²) in [5.41, 5.74) is 1.90. The van der Waals surface area contributed by atoms with Gasteiger partial charge < -0.3 is 19.5 Å². The highest BCUT2D eigenvalue weighted by Gasteiger charge is 2.64. The van der Waals surface area contributed by atoms with Gasteiger partial charge in [-0.25, -0.2) is 0 Å². The van der Waals surface area contributed by atoms with Crippen LogP contribution >= 0.6 is 0 Å². The molecule has 1 spiro atoms. The van der Waals surface area contributed by atoms with Gasteiger partial charge in [-0.1, -0.05) is 18.2 Å². The van der Waals surface area contributed by atoms with Gasteiger partial charge in [-0.3, -0.25) is 0 Å². The van der Waals surface area contributed by atoms with Gasteiger partial charge in [0.15, 0.2) is 11.5 Å². The van der Waals surface area contributed by atoms with Crippen LogP contribution in [0.5, 0.6) is 11.5 Å². The molecule has 0 aromatic heterocycles. The van der Waals surface area contributed by atoms with E-state index >= 15 is 0 Å². The number of rotatable bonds is 2. The number of hydrogen-bond donors (Lipinski definition) is 1. The van der Waals surface area contributed by atoms with E-state index in [1.54, 1.807) is 7.11 Å². The average molecular weight is 301 g/mol. The summed E-state index contributed by atoms with van der Waals surface area (Å²) in [6.07, 6.45) is 3.75. The van der Waals surface area contributed by atoms with Gasteiger partial charge in [0.05, 0.1) is 8.48 Å². The molecular formula is C18H21NO3. The Morgan fingerprint density at radius 3 is 3.23 bits per heavy atom. The Morgan fingerprint density at radius 2 is 2.41 bits per heavy atom. The zero-order valence-electron chi connectivity index (χ0n) is 14.8. The van der Waals surface area contributed by atoms with Crippen LogP contribution in [-0.2, 0) is 11.8 Å². The summed E-state index contributed by atoms with van der Waals surface area (Å²) in [7, 11) is 3.79. The van der Waals surface area contributed by atoms with Crippen LogP contribution in [0.2, 0.25) is 0 Å². The SMILES string of the molecule is [2H]OC1C=C[C@H]2[C@H]3Cc4ccc(OC)c5c4[C@@]2(CCN3C)C1([2H])O5. The molecule has 1 aromatic rings. The number of likely N-dealkylation sites (tertiary alicyclic amines) is 1. The van der Waals surface area contributed by atoms with Gasteiger partial charge in [0.2, 0.25) is 1.43 Å². The normalized spacial score (nSPS) is 45.6. The summed E-state index contributed by atoms with van der Waals surface area (Å²) in [6, 6.07) is 4.40. The number of likely N-dealkylation sites (N-methyl/N-ethyl adjacent to an activating group) is 1. The largest absolute Gasteiger partial charge is 0.493 e. The smallest absolute Gasteiger partial charge is 0.211 e. The third-order valence-electron chi connectivity index (χ3n) is 6.11. The minimum Gasteiger partial charge on any atom is -0.493 e. The number of piperidine rings is 1. The first kappa shape index (κ1) is 11.1. The van der Waals surface area contributed by atoms with Crippen molar-refractivity contribution in [2.45, 2.75) is 36.5 Å². The summed E-state index contributed by atoms with van der Waals surface area (Å²) < 4.78 is 28.5. The molecule has 2 aliphatic carbocycles. The Labute approximate surface area is 133 Å². The Bertz CT molecular complexity index is 754. The van der Waals surface area contributed by atoms with Crippen molar-refractivity contribution in [3.8, 4) is 11.5 Å². The first-order valence-electron chi connectivity index (χ1n) is 8.87. The summed E-state index contributed by atoms with van der Waals surface area (Å²) in [5, 5.41) is 4.93. The van der Waals surface area contributed by atoms with Crippen molar-refractivity contribution >= 4 is 0 Å². The molecule has 2 bridgehead atoms. The van der Waals surface area contributed by atoms with Crippen LogP contribution in [0.3, 0.4) is 0 Å². The number of aliphatic hydroxyl groups is 1. The van der Waals surface area contributed by atoms with Gasteiger partial charge in [0.25, 0.3) is 0 Å². The lowest BCUT2D eigenvalue weighted by molar-refractivity contribution is -0.0453. The zero-order chi connectivity index (χ0) is 16.7. The first-order chi connectivity index (χ1) is 11.6. The van der Waals surface area contributed by atoms with E-state index in [1.807, 2.05) is 12.1 Å². The van der Waals surface area contributed by atoms with E-state index in [4.69, 9.17) is 16.0 Å². The number of hydrogen-bond acceptors (Lipinski definition) is 4. The molecule has 2 heterocycles. The second-order valence-corrected chi connectivity index (χ2v) is 6.90. The number of methoxy groups -OCH3 is 1. The molecular weight excluding hydrogens is 278 g/mol. The van der Waals surface area contributed by atoms with Crippen LogP contribution in [0, 0.1) is 5.92 Å². The molecule has 2 unspecified atom stereocenters. The van der Waals surface area contributed by atoms with Crippen LogP contribution in [0.4, 0.5) is 0 Å². The summed E-state index contributed by atoms with van der Waals surface area (Å²) >= 11 is 0. The highest BCUT2D eigenvalue weighted by Crippen LogP contribution is 2.62. The molecule has 1 fully saturated rings. The third kappa shape index (κ3) is 1.28. The molecule has 5 atom stereocenters. The lowest BCUT2D eigenvalue weighted by Gasteiger charge is -2.56. The highest BCUT2D eigenvalue weighted by molar-refractivity contribution is 5.62. The van der Waals surface area contributed by atoms with Crippen LogP contribution in [0.25, 0.3) is 0 Å². The van der Waals surface area contributed by atoms with Crippen molar-refractivity contribution in [1.82, 2.24) is 4.90 Å². The maximum Gasteiger partial charge on any atom is 0.211 e. The van der Waals surface area contributed by atoms with Crippen LogP contribution < -0.4 is 9.47 Å². The van der Waals surface area contributed by atoms with E-state index < -0.39 is 17.6 Å². The van der Waals surface area contributed by atoms with Gasteiger partial charge in [-0.15, -0.1) is 0 Å². The van der Waals surface area contributed by atoms with Gasteiger partial charge in [0.1, 0.15) is 12.2 Å². The predicted molar refractivity (Wildman–Crippen MR) is 82.5 cm³/mol. The number of nitrogens with zero attached hydrogens (tertiary/aromatic N) is 1. The monoisotopic (exact) mass is 301 g/mol. The Hall–Kier alpha value is -1.52. The minimum atomic E-state index is -1.32. The summed E-state index contributed by atoms with van der Waals surface area (Å²) in [6.45, 7) is 0.916. The van der Waals surface area contributed by atoms with E-state index in [9.17, 15) is 1.37 Å². The van der Waals surface area contributed by atoms with Crippen LogP contribution in [0.1, 0.15) is 18.9 Å². The van der Waals surface area contributed by atoms with E-state index in [-0.39, 0.29) is 5.92 Å². The van der Waals surface area contributed by atoms with Crippen molar-refractivity contribution in [2.75, 3.05) is 20.7 Å². The maximum atomic E-state index is 9.26. The molecule has 0 radical (unpaired) electrons. The molecule has 0 saturated carbocycles. The summed E-state index contributed by atoms with van der Waals surface area (Å²) in [5.74, 6) is 1.55. The molecule has 1 N–H and O–H groups in total. The standard InChI is InChI=1S/C18H21NO3/c1-19-8-7-18-11-4-5-13(20)17(18)22-16-14(21-2)6-3-10(15(16)18)9-12(11)19/h3-6,11-13,17,20H,7-9H2,1-2H3/t11-,12+,13?,17?,18-/m0/s1/i17D,20D. The second-order valence-electron chi connectivity index (χ2n) is 6.90. The molecule has 116 valence electrons. The molecule has 2 aliphatic heterocycles. The molecule has 22 heavy (non-hydrogen) atoms. The van der Waals surface area contributed by atoms with Crippen molar-refractivity contribution in [2.24, 2.45) is 5.92 Å². The molecule has 4 heteroatoms. The molecule has 4 aliphatic rings. The number of benzene rings is 1. The fourth-order valence-electron chi connectivity index (χ4n) is 5.14. The van der Waals surface area contributed by atoms with Crippen LogP contribution in [0.15, 0.2) is 24.3 Å². The molecule has 1 saturated heterocycles. The van der Waals surface area contributed by atoms with Gasteiger partial charge in [-0.2, -0.15) is 0 Å². The van der Waals surface area contributed by atoms with Crippen molar-refractivity contribution in [3.05, 3.63) is 35.4 Å². The van der Waals surface area contributed by atoms with Crippen LogP contribution in [-0.4, -0.2) is 50.4 Å². The fourth-order valence-corrected chi connectivity index (χ4v) is 5.14. The second kappa shape index (κ2) is 4.06. The first-order valence-corrected chi connectivity index (χ1v) is 7.96. The van der Waals surface area contributed by atoms with E-state index in [0.29, 0.717) is 17.5 Å². The fraction of sp³-hybridized carbons (Fsp3) is 0.556. The minimum absolute atomic E-state index is 0.195.